The summed E-state index contributed by atoms with van der Waals surface area (Å²) in [5, 5.41) is 3.00. The lowest BCUT2D eigenvalue weighted by molar-refractivity contribution is 0.147. The molecular weight excluding hydrogens is 283 g/mol. The Morgan fingerprint density at radius 2 is 2.05 bits per heavy atom. The number of hydrogen-bond donors (Lipinski definition) is 1. The second-order valence-electron chi connectivity index (χ2n) is 4.29. The topological polar surface area (TPSA) is 39.1 Å². The van der Waals surface area contributed by atoms with Gasteiger partial charge in [-0.3, -0.25) is 4.57 Å². The summed E-state index contributed by atoms with van der Waals surface area (Å²) in [5.74, 6) is -3.60. The minimum Gasteiger partial charge on any atom is -0.382 e. The van der Waals surface area contributed by atoms with Crippen molar-refractivity contribution in [2.45, 2.75) is 13.3 Å². The van der Waals surface area contributed by atoms with E-state index >= 15 is 0 Å². The molecule has 1 aromatic heterocycles. The van der Waals surface area contributed by atoms with E-state index in [1.54, 1.807) is 0 Å². The molecule has 0 fully saturated rings. The molecule has 0 aliphatic rings. The molecule has 0 amide bonds. The fourth-order valence-electron chi connectivity index (χ4n) is 1.85. The van der Waals surface area contributed by atoms with Crippen LogP contribution in [-0.4, -0.2) is 29.3 Å². The van der Waals surface area contributed by atoms with E-state index in [9.17, 15) is 13.2 Å². The number of hydrogen-bond acceptors (Lipinski definition) is 3. The quantitative estimate of drug-likeness (QED) is 0.630. The Balaban J connectivity index is 2.11. The van der Waals surface area contributed by atoms with Gasteiger partial charge in [-0.2, -0.15) is 0 Å². The smallest absolute Gasteiger partial charge is 0.207 e. The molecule has 0 saturated heterocycles. The van der Waals surface area contributed by atoms with Gasteiger partial charge in [-0.25, -0.2) is 18.2 Å². The molecule has 0 unspecified atom stereocenters. The number of nitrogens with zero attached hydrogens (tertiary/aromatic N) is 2. The first-order chi connectivity index (χ1) is 10.1. The molecule has 2 rings (SSSR count). The minimum atomic E-state index is -1.50. The van der Waals surface area contributed by atoms with Crippen LogP contribution in [-0.2, 0) is 4.74 Å². The van der Waals surface area contributed by atoms with Crippen LogP contribution in [0.2, 0.25) is 0 Å². The summed E-state index contributed by atoms with van der Waals surface area (Å²) >= 11 is 0. The summed E-state index contributed by atoms with van der Waals surface area (Å²) in [5.41, 5.74) is -0.0984. The van der Waals surface area contributed by atoms with Crippen molar-refractivity contribution in [3.05, 3.63) is 42.0 Å². The van der Waals surface area contributed by atoms with Crippen LogP contribution in [0.15, 0.2) is 24.5 Å². The lowest BCUT2D eigenvalue weighted by atomic mass is 10.3. The lowest BCUT2D eigenvalue weighted by Gasteiger charge is -2.11. The van der Waals surface area contributed by atoms with E-state index in [0.717, 1.165) is 12.5 Å². The summed E-state index contributed by atoms with van der Waals surface area (Å²) in [4.78, 5) is 4.03. The maximum absolute atomic E-state index is 13.8. The number of halogens is 3. The molecule has 0 spiro atoms. The van der Waals surface area contributed by atoms with Crippen molar-refractivity contribution in [1.29, 1.82) is 0 Å². The van der Waals surface area contributed by atoms with E-state index in [4.69, 9.17) is 4.74 Å². The number of imidazole rings is 1. The molecule has 7 heteroatoms. The highest BCUT2D eigenvalue weighted by Gasteiger charge is 2.16. The van der Waals surface area contributed by atoms with E-state index in [1.165, 1.54) is 23.0 Å². The first-order valence-electron chi connectivity index (χ1n) is 6.64. The summed E-state index contributed by atoms with van der Waals surface area (Å²) in [7, 11) is 0. The van der Waals surface area contributed by atoms with Crippen LogP contribution >= 0.6 is 0 Å². The predicted octanol–water partition coefficient (Wildman–Crippen LogP) is 3.13. The molecule has 2 aromatic rings. The van der Waals surface area contributed by atoms with Crippen LogP contribution in [0.1, 0.15) is 13.3 Å². The van der Waals surface area contributed by atoms with Gasteiger partial charge in [-0.1, -0.05) is 0 Å². The third kappa shape index (κ3) is 3.55. The molecule has 1 N–H and O–H groups in total. The maximum atomic E-state index is 13.8. The van der Waals surface area contributed by atoms with Crippen molar-refractivity contribution in [1.82, 2.24) is 9.55 Å². The van der Waals surface area contributed by atoms with Gasteiger partial charge in [0.05, 0.1) is 5.69 Å². The van der Waals surface area contributed by atoms with Gasteiger partial charge in [0.1, 0.15) is 0 Å². The van der Waals surface area contributed by atoms with E-state index in [1.807, 2.05) is 6.92 Å². The summed E-state index contributed by atoms with van der Waals surface area (Å²) in [6.45, 7) is 3.73. The summed E-state index contributed by atoms with van der Waals surface area (Å²) in [6, 6.07) is 2.05. The fraction of sp³-hybridized carbons (Fsp3) is 0.357. The third-order valence-corrected chi connectivity index (χ3v) is 2.87. The number of nitrogens with one attached hydrogen (secondary N) is 1. The van der Waals surface area contributed by atoms with Crippen molar-refractivity contribution < 1.29 is 17.9 Å². The molecule has 114 valence electrons. The average Bonchev–Trinajstić information content (AvgIpc) is 2.93. The highest BCUT2D eigenvalue weighted by molar-refractivity contribution is 5.43. The van der Waals surface area contributed by atoms with Crippen molar-refractivity contribution in [3.8, 4) is 5.69 Å². The zero-order valence-electron chi connectivity index (χ0n) is 11.6. The molecule has 0 radical (unpaired) electrons. The molecule has 0 aliphatic heterocycles. The van der Waals surface area contributed by atoms with Crippen LogP contribution in [0.3, 0.4) is 0 Å². The minimum absolute atomic E-state index is 0.0984. The van der Waals surface area contributed by atoms with Gasteiger partial charge in [0.25, 0.3) is 0 Å². The molecule has 4 nitrogen and oxygen atoms in total. The highest BCUT2D eigenvalue weighted by Crippen LogP contribution is 2.21. The third-order valence-electron chi connectivity index (χ3n) is 2.87. The number of anilines is 1. The molecule has 0 atom stereocenters. The fourth-order valence-corrected chi connectivity index (χ4v) is 1.85. The van der Waals surface area contributed by atoms with Gasteiger partial charge < -0.3 is 10.1 Å². The van der Waals surface area contributed by atoms with Crippen LogP contribution in [0, 0.1) is 17.5 Å². The van der Waals surface area contributed by atoms with E-state index in [0.29, 0.717) is 25.7 Å². The van der Waals surface area contributed by atoms with Gasteiger partial charge in [-0.05, 0) is 25.5 Å². The number of ether oxygens (including phenoxy) is 1. The Morgan fingerprint density at radius 3 is 2.81 bits per heavy atom. The molecule has 1 heterocycles. The number of rotatable bonds is 7. The van der Waals surface area contributed by atoms with Gasteiger partial charge in [0.2, 0.25) is 5.95 Å². The zero-order chi connectivity index (χ0) is 15.2. The Hall–Kier alpha value is -2.02. The zero-order valence-corrected chi connectivity index (χ0v) is 11.6. The van der Waals surface area contributed by atoms with Crippen LogP contribution in [0.4, 0.5) is 19.1 Å². The Bertz CT molecular complexity index is 601. The molecule has 0 bridgehead atoms. The summed E-state index contributed by atoms with van der Waals surface area (Å²) < 4.78 is 46.6. The Labute approximate surface area is 120 Å². The summed E-state index contributed by atoms with van der Waals surface area (Å²) in [6.07, 6.45) is 3.67. The Morgan fingerprint density at radius 1 is 1.24 bits per heavy atom. The average molecular weight is 299 g/mol. The van der Waals surface area contributed by atoms with Gasteiger partial charge in [0, 0.05) is 32.2 Å². The highest BCUT2D eigenvalue weighted by atomic mass is 19.2. The Kier molecular flexibility index (Phi) is 5.21. The van der Waals surface area contributed by atoms with Gasteiger partial charge in [-0.15, -0.1) is 0 Å². The molecule has 21 heavy (non-hydrogen) atoms. The van der Waals surface area contributed by atoms with Crippen molar-refractivity contribution in [2.24, 2.45) is 0 Å². The maximum Gasteiger partial charge on any atom is 0.207 e. The first-order valence-corrected chi connectivity index (χ1v) is 6.64. The molecule has 0 aliphatic carbocycles. The van der Waals surface area contributed by atoms with Crippen molar-refractivity contribution in [3.63, 3.8) is 0 Å². The predicted molar refractivity (Wildman–Crippen MR) is 73.0 cm³/mol. The second-order valence-corrected chi connectivity index (χ2v) is 4.29. The SMILES string of the molecule is CCOCCCNc1nccn1-c1ccc(F)c(F)c1F. The van der Waals surface area contributed by atoms with Crippen LogP contribution < -0.4 is 5.32 Å². The van der Waals surface area contributed by atoms with Crippen molar-refractivity contribution >= 4 is 5.95 Å². The van der Waals surface area contributed by atoms with Crippen LogP contribution in [0.5, 0.6) is 0 Å². The van der Waals surface area contributed by atoms with E-state index < -0.39 is 17.5 Å². The second kappa shape index (κ2) is 7.12. The van der Waals surface area contributed by atoms with E-state index in [-0.39, 0.29) is 5.69 Å². The molecular formula is C14H16F3N3O. The van der Waals surface area contributed by atoms with Gasteiger partial charge in [0.15, 0.2) is 17.5 Å². The molecule has 0 saturated carbocycles. The normalized spacial score (nSPS) is 10.9. The van der Waals surface area contributed by atoms with Crippen molar-refractivity contribution in [2.75, 3.05) is 25.1 Å². The molecule has 1 aromatic carbocycles. The standard InChI is InChI=1S/C14H16F3N3O/c1-2-21-9-3-6-18-14-19-7-8-20(14)11-5-4-10(15)12(16)13(11)17/h4-5,7-8H,2-3,6,9H2,1H3,(H,18,19). The number of aromatic nitrogens is 2. The lowest BCUT2D eigenvalue weighted by Crippen LogP contribution is -2.11. The number of benzene rings is 1. The van der Waals surface area contributed by atoms with Gasteiger partial charge >= 0.3 is 0 Å². The van der Waals surface area contributed by atoms with E-state index in [2.05, 4.69) is 10.3 Å². The monoisotopic (exact) mass is 299 g/mol. The first kappa shape index (κ1) is 15.4. The largest absolute Gasteiger partial charge is 0.382 e. The van der Waals surface area contributed by atoms with Crippen LogP contribution in [0.25, 0.3) is 5.69 Å².